The zero-order valence-corrected chi connectivity index (χ0v) is 13.3. The summed E-state index contributed by atoms with van der Waals surface area (Å²) >= 11 is 5.84. The van der Waals surface area contributed by atoms with Crippen molar-refractivity contribution in [3.05, 3.63) is 47.2 Å². The maximum atomic E-state index is 11.7. The van der Waals surface area contributed by atoms with E-state index in [9.17, 15) is 9.59 Å². The minimum absolute atomic E-state index is 0.0110. The summed E-state index contributed by atoms with van der Waals surface area (Å²) in [5.74, 6) is 0.0650. The van der Waals surface area contributed by atoms with Gasteiger partial charge in [-0.2, -0.15) is 0 Å². The second kappa shape index (κ2) is 7.80. The monoisotopic (exact) mass is 336 g/mol. The van der Waals surface area contributed by atoms with E-state index in [4.69, 9.17) is 21.1 Å². The number of carboxylic acids is 1. The SMILES string of the molecule is CN(CC(=O)O)CC(=O)NCc1ccc(-c2ccc(Cl)cc2)o1. The number of furan rings is 1. The second-order valence-electron chi connectivity index (χ2n) is 5.12. The molecule has 0 aliphatic heterocycles. The summed E-state index contributed by atoms with van der Waals surface area (Å²) in [5, 5.41) is 12.0. The molecule has 0 aliphatic rings. The van der Waals surface area contributed by atoms with E-state index in [1.807, 2.05) is 18.2 Å². The Balaban J connectivity index is 1.86. The third-order valence-corrected chi connectivity index (χ3v) is 3.32. The predicted octanol–water partition coefficient (Wildman–Crippen LogP) is 2.23. The molecule has 23 heavy (non-hydrogen) atoms. The molecule has 2 aromatic rings. The van der Waals surface area contributed by atoms with Crippen molar-refractivity contribution in [2.45, 2.75) is 6.54 Å². The maximum Gasteiger partial charge on any atom is 0.317 e. The van der Waals surface area contributed by atoms with Crippen LogP contribution in [0.5, 0.6) is 0 Å². The van der Waals surface area contributed by atoms with Crippen molar-refractivity contribution in [1.29, 1.82) is 0 Å². The van der Waals surface area contributed by atoms with Crippen molar-refractivity contribution in [2.75, 3.05) is 20.1 Å². The quantitative estimate of drug-likeness (QED) is 0.810. The van der Waals surface area contributed by atoms with E-state index in [2.05, 4.69) is 5.32 Å². The molecule has 0 spiro atoms. The van der Waals surface area contributed by atoms with Gasteiger partial charge in [0, 0.05) is 10.6 Å². The Morgan fingerprint density at radius 3 is 2.52 bits per heavy atom. The van der Waals surface area contributed by atoms with Crippen LogP contribution in [-0.4, -0.2) is 42.0 Å². The number of nitrogens with one attached hydrogen (secondary N) is 1. The lowest BCUT2D eigenvalue weighted by atomic mass is 10.2. The molecule has 2 rings (SSSR count). The lowest BCUT2D eigenvalue weighted by Gasteiger charge is -2.13. The first kappa shape index (κ1) is 17.1. The Bertz CT molecular complexity index is 682. The molecule has 1 heterocycles. The molecule has 0 radical (unpaired) electrons. The Morgan fingerprint density at radius 2 is 1.87 bits per heavy atom. The molecule has 0 bridgehead atoms. The molecule has 1 amide bonds. The average molecular weight is 337 g/mol. The molecule has 0 saturated carbocycles. The molecule has 0 unspecified atom stereocenters. The molecule has 0 saturated heterocycles. The molecular weight excluding hydrogens is 320 g/mol. The number of aliphatic carboxylic acids is 1. The van der Waals surface area contributed by atoms with Gasteiger partial charge in [-0.15, -0.1) is 0 Å². The number of benzene rings is 1. The lowest BCUT2D eigenvalue weighted by molar-refractivity contribution is -0.138. The molecule has 1 aromatic heterocycles. The average Bonchev–Trinajstić information content (AvgIpc) is 2.94. The molecule has 6 nitrogen and oxygen atoms in total. The van der Waals surface area contributed by atoms with Crippen LogP contribution in [0.3, 0.4) is 0 Å². The number of carbonyl (C=O) groups is 2. The van der Waals surface area contributed by atoms with Gasteiger partial charge in [0.25, 0.3) is 0 Å². The van der Waals surface area contributed by atoms with E-state index < -0.39 is 5.97 Å². The Hall–Kier alpha value is -2.31. The fraction of sp³-hybridized carbons (Fsp3) is 0.250. The summed E-state index contributed by atoms with van der Waals surface area (Å²) in [7, 11) is 1.57. The van der Waals surface area contributed by atoms with Gasteiger partial charge >= 0.3 is 5.97 Å². The van der Waals surface area contributed by atoms with E-state index >= 15 is 0 Å². The number of nitrogens with zero attached hydrogens (tertiary/aromatic N) is 1. The molecule has 2 N–H and O–H groups in total. The maximum absolute atomic E-state index is 11.7. The van der Waals surface area contributed by atoms with Crippen molar-refractivity contribution in [2.24, 2.45) is 0 Å². The van der Waals surface area contributed by atoms with E-state index in [-0.39, 0.29) is 25.5 Å². The van der Waals surface area contributed by atoms with E-state index in [0.29, 0.717) is 16.5 Å². The van der Waals surface area contributed by atoms with Crippen LogP contribution in [0.15, 0.2) is 40.8 Å². The minimum atomic E-state index is -0.973. The normalized spacial score (nSPS) is 10.7. The first-order valence-corrected chi connectivity index (χ1v) is 7.33. The Labute approximate surface area is 138 Å². The van der Waals surface area contributed by atoms with Gasteiger partial charge in [-0.25, -0.2) is 0 Å². The molecule has 0 fully saturated rings. The van der Waals surface area contributed by atoms with Crippen LogP contribution >= 0.6 is 11.6 Å². The van der Waals surface area contributed by atoms with Gasteiger partial charge < -0.3 is 14.8 Å². The van der Waals surface area contributed by atoms with Crippen LogP contribution in [0.1, 0.15) is 5.76 Å². The third-order valence-electron chi connectivity index (χ3n) is 3.07. The topological polar surface area (TPSA) is 82.8 Å². The number of rotatable bonds is 7. The fourth-order valence-corrected chi connectivity index (χ4v) is 2.14. The van der Waals surface area contributed by atoms with Gasteiger partial charge in [0.1, 0.15) is 11.5 Å². The highest BCUT2D eigenvalue weighted by Crippen LogP contribution is 2.23. The summed E-state index contributed by atoms with van der Waals surface area (Å²) in [6.07, 6.45) is 0. The minimum Gasteiger partial charge on any atom is -0.480 e. The third kappa shape index (κ3) is 5.43. The van der Waals surface area contributed by atoms with Gasteiger partial charge in [0.05, 0.1) is 19.6 Å². The zero-order chi connectivity index (χ0) is 16.8. The van der Waals surface area contributed by atoms with E-state index in [1.54, 1.807) is 25.2 Å². The van der Waals surface area contributed by atoms with Gasteiger partial charge in [-0.3, -0.25) is 14.5 Å². The highest BCUT2D eigenvalue weighted by atomic mass is 35.5. The fourth-order valence-electron chi connectivity index (χ4n) is 2.02. The van der Waals surface area contributed by atoms with E-state index in [0.717, 1.165) is 5.56 Å². The van der Waals surface area contributed by atoms with Crippen LogP contribution in [-0.2, 0) is 16.1 Å². The van der Waals surface area contributed by atoms with Crippen LogP contribution in [0.4, 0.5) is 0 Å². The summed E-state index contributed by atoms with van der Waals surface area (Å²) in [6, 6.07) is 10.9. The first-order chi connectivity index (χ1) is 10.9. The molecular formula is C16H17ClN2O4. The summed E-state index contributed by atoms with van der Waals surface area (Å²) < 4.78 is 5.66. The number of carboxylic acid groups (broad SMARTS) is 1. The highest BCUT2D eigenvalue weighted by Gasteiger charge is 2.10. The molecule has 7 heteroatoms. The lowest BCUT2D eigenvalue weighted by Crippen LogP contribution is -2.37. The van der Waals surface area contributed by atoms with Gasteiger partial charge in [0.2, 0.25) is 5.91 Å². The predicted molar refractivity (Wildman–Crippen MR) is 86.1 cm³/mol. The van der Waals surface area contributed by atoms with E-state index in [1.165, 1.54) is 4.90 Å². The largest absolute Gasteiger partial charge is 0.480 e. The standard InChI is InChI=1S/C16H17ClN2O4/c1-19(10-16(21)22)9-15(20)18-8-13-6-7-14(23-13)11-2-4-12(17)5-3-11/h2-7H,8-10H2,1H3,(H,18,20)(H,21,22). The Kier molecular flexibility index (Phi) is 5.78. The summed E-state index contributed by atoms with van der Waals surface area (Å²) in [5.41, 5.74) is 0.896. The van der Waals surface area contributed by atoms with Gasteiger partial charge in [-0.1, -0.05) is 11.6 Å². The van der Waals surface area contributed by atoms with Crippen molar-refractivity contribution in [3.8, 4) is 11.3 Å². The first-order valence-electron chi connectivity index (χ1n) is 6.96. The Morgan fingerprint density at radius 1 is 1.17 bits per heavy atom. The van der Waals surface area contributed by atoms with Crippen molar-refractivity contribution < 1.29 is 19.1 Å². The second-order valence-corrected chi connectivity index (χ2v) is 5.55. The molecule has 0 atom stereocenters. The van der Waals surface area contributed by atoms with Gasteiger partial charge in [-0.05, 0) is 43.4 Å². The number of amides is 1. The summed E-state index contributed by atoms with van der Waals surface area (Å²) in [6.45, 7) is 0.0687. The van der Waals surface area contributed by atoms with Crippen LogP contribution in [0, 0.1) is 0 Å². The zero-order valence-electron chi connectivity index (χ0n) is 12.6. The smallest absolute Gasteiger partial charge is 0.317 e. The summed E-state index contributed by atoms with van der Waals surface area (Å²) in [4.78, 5) is 23.7. The van der Waals surface area contributed by atoms with Crippen LogP contribution in [0.25, 0.3) is 11.3 Å². The number of carbonyl (C=O) groups excluding carboxylic acids is 1. The highest BCUT2D eigenvalue weighted by molar-refractivity contribution is 6.30. The van der Waals surface area contributed by atoms with Crippen LogP contribution < -0.4 is 5.32 Å². The molecule has 122 valence electrons. The number of likely N-dealkylation sites (N-methyl/N-ethyl adjacent to an activating group) is 1. The van der Waals surface area contributed by atoms with Gasteiger partial charge in [0.15, 0.2) is 0 Å². The van der Waals surface area contributed by atoms with Crippen molar-refractivity contribution >= 4 is 23.5 Å². The number of halogens is 1. The molecule has 1 aromatic carbocycles. The van der Waals surface area contributed by atoms with Crippen LogP contribution in [0.2, 0.25) is 5.02 Å². The van der Waals surface area contributed by atoms with Crippen molar-refractivity contribution in [1.82, 2.24) is 10.2 Å². The van der Waals surface area contributed by atoms with Crippen molar-refractivity contribution in [3.63, 3.8) is 0 Å². The molecule has 0 aliphatic carbocycles. The number of hydrogen-bond acceptors (Lipinski definition) is 4. The number of hydrogen-bond donors (Lipinski definition) is 2.